The van der Waals surface area contributed by atoms with Gasteiger partial charge in [0.2, 0.25) is 0 Å². The summed E-state index contributed by atoms with van der Waals surface area (Å²) >= 11 is 1.74. The minimum absolute atomic E-state index is 0.197. The molecule has 0 saturated heterocycles. The Kier molecular flexibility index (Phi) is 3.51. The van der Waals surface area contributed by atoms with Gasteiger partial charge in [-0.3, -0.25) is 4.98 Å². The first kappa shape index (κ1) is 13.8. The van der Waals surface area contributed by atoms with E-state index in [9.17, 15) is 0 Å². The van der Waals surface area contributed by atoms with Gasteiger partial charge >= 0.3 is 0 Å². The standard InChI is InChI=1S/C16H18N4S/c1-9-16(21-11(3)19-9)10(2)20-15-5-4-14(17)12-6-7-18-8-13(12)15/h4-8,10,20H,17H2,1-3H3. The smallest absolute Gasteiger partial charge is 0.0900 e. The van der Waals surface area contributed by atoms with Crippen LogP contribution in [0.2, 0.25) is 0 Å². The molecule has 1 aromatic carbocycles. The molecule has 1 unspecified atom stereocenters. The number of hydrogen-bond acceptors (Lipinski definition) is 5. The molecule has 3 N–H and O–H groups in total. The SMILES string of the molecule is Cc1nc(C)c(C(C)Nc2ccc(N)c3ccncc23)s1. The highest BCUT2D eigenvalue weighted by Gasteiger charge is 2.14. The minimum Gasteiger partial charge on any atom is -0.398 e. The highest BCUT2D eigenvalue weighted by molar-refractivity contribution is 7.11. The van der Waals surface area contributed by atoms with Crippen LogP contribution in [0, 0.1) is 13.8 Å². The maximum Gasteiger partial charge on any atom is 0.0900 e. The number of nitrogens with one attached hydrogen (secondary N) is 1. The Bertz CT molecular complexity index is 794. The molecule has 4 nitrogen and oxygen atoms in total. The number of benzene rings is 1. The quantitative estimate of drug-likeness (QED) is 0.716. The van der Waals surface area contributed by atoms with Crippen LogP contribution < -0.4 is 11.1 Å². The van der Waals surface area contributed by atoms with E-state index in [1.54, 1.807) is 17.5 Å². The number of pyridine rings is 1. The van der Waals surface area contributed by atoms with Gasteiger partial charge in [-0.1, -0.05) is 0 Å². The third-order valence-electron chi connectivity index (χ3n) is 3.56. The summed E-state index contributed by atoms with van der Waals surface area (Å²) in [6, 6.07) is 6.09. The first-order valence-electron chi connectivity index (χ1n) is 6.89. The summed E-state index contributed by atoms with van der Waals surface area (Å²) in [5, 5.41) is 6.73. The maximum atomic E-state index is 6.03. The lowest BCUT2D eigenvalue weighted by Gasteiger charge is -2.16. The van der Waals surface area contributed by atoms with Crippen LogP contribution in [0.4, 0.5) is 11.4 Å². The monoisotopic (exact) mass is 298 g/mol. The molecule has 2 heterocycles. The average molecular weight is 298 g/mol. The van der Waals surface area contributed by atoms with Crippen molar-refractivity contribution in [2.75, 3.05) is 11.1 Å². The molecule has 0 aliphatic carbocycles. The van der Waals surface area contributed by atoms with Gasteiger partial charge < -0.3 is 11.1 Å². The molecule has 3 aromatic rings. The van der Waals surface area contributed by atoms with Crippen LogP contribution >= 0.6 is 11.3 Å². The van der Waals surface area contributed by atoms with Crippen molar-refractivity contribution in [1.29, 1.82) is 0 Å². The Morgan fingerprint density at radius 1 is 1.19 bits per heavy atom. The highest BCUT2D eigenvalue weighted by Crippen LogP contribution is 2.32. The summed E-state index contributed by atoms with van der Waals surface area (Å²) in [5.41, 5.74) is 8.94. The predicted molar refractivity (Wildman–Crippen MR) is 89.8 cm³/mol. The van der Waals surface area contributed by atoms with E-state index in [4.69, 9.17) is 5.73 Å². The first-order chi connectivity index (χ1) is 10.1. The molecule has 0 saturated carbocycles. The van der Waals surface area contributed by atoms with Gasteiger partial charge in [-0.05, 0) is 39.0 Å². The zero-order chi connectivity index (χ0) is 15.0. The Balaban J connectivity index is 1.99. The number of anilines is 2. The van der Waals surface area contributed by atoms with E-state index in [-0.39, 0.29) is 6.04 Å². The molecular formula is C16H18N4S. The fourth-order valence-electron chi connectivity index (χ4n) is 2.59. The van der Waals surface area contributed by atoms with Gasteiger partial charge in [0.05, 0.1) is 16.7 Å². The zero-order valence-electron chi connectivity index (χ0n) is 12.3. The van der Waals surface area contributed by atoms with Crippen LogP contribution in [0.1, 0.15) is 28.5 Å². The molecule has 1 atom stereocenters. The van der Waals surface area contributed by atoms with Crippen LogP contribution in [0.15, 0.2) is 30.6 Å². The van der Waals surface area contributed by atoms with Gasteiger partial charge in [0.15, 0.2) is 0 Å². The molecule has 0 bridgehead atoms. The van der Waals surface area contributed by atoms with Gasteiger partial charge in [0, 0.05) is 39.4 Å². The molecule has 0 aliphatic heterocycles. The van der Waals surface area contributed by atoms with E-state index >= 15 is 0 Å². The van der Waals surface area contributed by atoms with Crippen molar-refractivity contribution in [2.45, 2.75) is 26.8 Å². The predicted octanol–water partition coefficient (Wildman–Crippen LogP) is 4.06. The number of rotatable bonds is 3. The number of nitrogens with two attached hydrogens (primary N) is 1. The maximum absolute atomic E-state index is 6.03. The van der Waals surface area contributed by atoms with Crippen LogP contribution in [-0.4, -0.2) is 9.97 Å². The number of thiazole rings is 1. The molecule has 0 spiro atoms. The zero-order valence-corrected chi connectivity index (χ0v) is 13.2. The van der Waals surface area contributed by atoms with Crippen molar-refractivity contribution in [3.8, 4) is 0 Å². The summed E-state index contributed by atoms with van der Waals surface area (Å²) in [6.07, 6.45) is 3.62. The number of nitrogens with zero attached hydrogens (tertiary/aromatic N) is 2. The molecular weight excluding hydrogens is 280 g/mol. The number of hydrogen-bond donors (Lipinski definition) is 2. The molecule has 5 heteroatoms. The molecule has 108 valence electrons. The van der Waals surface area contributed by atoms with Crippen molar-refractivity contribution in [2.24, 2.45) is 0 Å². The molecule has 0 fully saturated rings. The van der Waals surface area contributed by atoms with Crippen molar-refractivity contribution >= 4 is 33.5 Å². The Morgan fingerprint density at radius 3 is 2.71 bits per heavy atom. The van der Waals surface area contributed by atoms with Crippen molar-refractivity contribution in [3.05, 3.63) is 46.2 Å². The second-order valence-electron chi connectivity index (χ2n) is 5.17. The first-order valence-corrected chi connectivity index (χ1v) is 7.70. The summed E-state index contributed by atoms with van der Waals surface area (Å²) in [7, 11) is 0. The molecule has 21 heavy (non-hydrogen) atoms. The molecule has 0 amide bonds. The lowest BCUT2D eigenvalue weighted by Crippen LogP contribution is -2.07. The second kappa shape index (κ2) is 5.33. The van der Waals surface area contributed by atoms with Gasteiger partial charge in [-0.2, -0.15) is 0 Å². The summed E-state index contributed by atoms with van der Waals surface area (Å²) in [5.74, 6) is 0. The Hall–Kier alpha value is -2.14. The molecule has 0 radical (unpaired) electrons. The largest absolute Gasteiger partial charge is 0.398 e. The Labute approximate surface area is 128 Å². The van der Waals surface area contributed by atoms with Crippen LogP contribution in [0.25, 0.3) is 10.8 Å². The van der Waals surface area contributed by atoms with E-state index in [0.717, 1.165) is 32.8 Å². The number of nitrogen functional groups attached to an aromatic ring is 1. The van der Waals surface area contributed by atoms with Gasteiger partial charge in [0.1, 0.15) is 0 Å². The fourth-order valence-corrected chi connectivity index (χ4v) is 3.52. The van der Waals surface area contributed by atoms with Gasteiger partial charge in [-0.15, -0.1) is 11.3 Å². The Morgan fingerprint density at radius 2 is 2.00 bits per heavy atom. The lowest BCUT2D eigenvalue weighted by molar-refractivity contribution is 0.892. The molecule has 3 rings (SSSR count). The van der Waals surface area contributed by atoms with Crippen molar-refractivity contribution < 1.29 is 0 Å². The second-order valence-corrected chi connectivity index (χ2v) is 6.41. The van der Waals surface area contributed by atoms with Crippen LogP contribution in [0.3, 0.4) is 0 Å². The highest BCUT2D eigenvalue weighted by atomic mass is 32.1. The lowest BCUT2D eigenvalue weighted by atomic mass is 10.1. The molecule has 2 aromatic heterocycles. The van der Waals surface area contributed by atoms with Gasteiger partial charge in [-0.25, -0.2) is 4.98 Å². The third kappa shape index (κ3) is 2.56. The van der Waals surface area contributed by atoms with E-state index in [1.807, 2.05) is 31.3 Å². The normalized spacial score (nSPS) is 12.5. The number of aromatic nitrogens is 2. The van der Waals surface area contributed by atoms with E-state index in [0.29, 0.717) is 0 Å². The number of fused-ring (bicyclic) bond motifs is 1. The van der Waals surface area contributed by atoms with Crippen LogP contribution in [0.5, 0.6) is 0 Å². The summed E-state index contributed by atoms with van der Waals surface area (Å²) < 4.78 is 0. The fraction of sp³-hybridized carbons (Fsp3) is 0.250. The minimum atomic E-state index is 0.197. The number of aryl methyl sites for hydroxylation is 2. The van der Waals surface area contributed by atoms with E-state index < -0.39 is 0 Å². The van der Waals surface area contributed by atoms with E-state index in [2.05, 4.69) is 29.1 Å². The third-order valence-corrected chi connectivity index (χ3v) is 4.81. The van der Waals surface area contributed by atoms with Crippen molar-refractivity contribution in [3.63, 3.8) is 0 Å². The van der Waals surface area contributed by atoms with Crippen molar-refractivity contribution in [1.82, 2.24) is 9.97 Å². The summed E-state index contributed by atoms with van der Waals surface area (Å²) in [4.78, 5) is 9.97. The summed E-state index contributed by atoms with van der Waals surface area (Å²) in [6.45, 7) is 6.24. The van der Waals surface area contributed by atoms with E-state index in [1.165, 1.54) is 4.88 Å². The average Bonchev–Trinajstić information content (AvgIpc) is 2.81. The topological polar surface area (TPSA) is 63.8 Å². The molecule has 0 aliphatic rings. The van der Waals surface area contributed by atoms with Gasteiger partial charge in [0.25, 0.3) is 0 Å². The van der Waals surface area contributed by atoms with Crippen LogP contribution in [-0.2, 0) is 0 Å².